The SMILES string of the molecule is O=C(Nc1ccccc1)Nc1cccc(NC(=O)c2ccc(Cl)cc2[N+](=O)[O-])c1. The summed E-state index contributed by atoms with van der Waals surface area (Å²) in [6, 6.07) is 18.7. The monoisotopic (exact) mass is 410 g/mol. The predicted molar refractivity (Wildman–Crippen MR) is 112 cm³/mol. The van der Waals surface area contributed by atoms with Gasteiger partial charge in [0.25, 0.3) is 11.6 Å². The van der Waals surface area contributed by atoms with Crippen LogP contribution in [0.15, 0.2) is 72.8 Å². The Morgan fingerprint density at radius 3 is 2.10 bits per heavy atom. The minimum Gasteiger partial charge on any atom is -0.322 e. The summed E-state index contributed by atoms with van der Waals surface area (Å²) in [5, 5.41) is 19.2. The van der Waals surface area contributed by atoms with E-state index >= 15 is 0 Å². The fourth-order valence-electron chi connectivity index (χ4n) is 2.54. The van der Waals surface area contributed by atoms with Gasteiger partial charge in [-0.3, -0.25) is 14.9 Å². The maximum Gasteiger partial charge on any atom is 0.323 e. The van der Waals surface area contributed by atoms with Crippen LogP contribution in [0.25, 0.3) is 0 Å². The molecule has 0 aliphatic carbocycles. The molecule has 0 aliphatic heterocycles. The highest BCUT2D eigenvalue weighted by molar-refractivity contribution is 6.31. The molecule has 3 aromatic carbocycles. The van der Waals surface area contributed by atoms with Gasteiger partial charge in [0.15, 0.2) is 0 Å². The molecule has 0 heterocycles. The van der Waals surface area contributed by atoms with Crippen molar-refractivity contribution in [2.75, 3.05) is 16.0 Å². The van der Waals surface area contributed by atoms with Crippen LogP contribution >= 0.6 is 11.6 Å². The molecule has 0 saturated heterocycles. The minimum atomic E-state index is -0.674. The number of hydrogen-bond acceptors (Lipinski definition) is 4. The lowest BCUT2D eigenvalue weighted by atomic mass is 10.1. The first-order valence-corrected chi connectivity index (χ1v) is 8.78. The summed E-state index contributed by atoms with van der Waals surface area (Å²) in [5.41, 5.74) is 0.897. The number of anilines is 3. The first-order chi connectivity index (χ1) is 13.9. The lowest BCUT2D eigenvalue weighted by Gasteiger charge is -2.10. The van der Waals surface area contributed by atoms with Crippen molar-refractivity contribution in [2.45, 2.75) is 0 Å². The van der Waals surface area contributed by atoms with Gasteiger partial charge >= 0.3 is 6.03 Å². The Morgan fingerprint density at radius 1 is 0.793 bits per heavy atom. The Labute approximate surface area is 170 Å². The molecule has 3 amide bonds. The van der Waals surface area contributed by atoms with Crippen LogP contribution in [-0.4, -0.2) is 16.9 Å². The summed E-state index contributed by atoms with van der Waals surface area (Å²) in [7, 11) is 0. The van der Waals surface area contributed by atoms with Crippen molar-refractivity contribution in [3.05, 3.63) is 93.5 Å². The van der Waals surface area contributed by atoms with Crippen LogP contribution in [-0.2, 0) is 0 Å². The number of carbonyl (C=O) groups excluding carboxylic acids is 2. The van der Waals surface area contributed by atoms with E-state index in [2.05, 4.69) is 16.0 Å². The van der Waals surface area contributed by atoms with Gasteiger partial charge in [-0.05, 0) is 42.5 Å². The Kier molecular flexibility index (Phi) is 6.06. The van der Waals surface area contributed by atoms with Crippen molar-refractivity contribution in [1.29, 1.82) is 0 Å². The van der Waals surface area contributed by atoms with E-state index in [4.69, 9.17) is 11.6 Å². The van der Waals surface area contributed by atoms with Crippen LogP contribution in [0.1, 0.15) is 10.4 Å². The Bertz CT molecular complexity index is 1070. The molecule has 0 spiro atoms. The van der Waals surface area contributed by atoms with E-state index in [0.717, 1.165) is 6.07 Å². The number of rotatable bonds is 5. The Hall–Kier alpha value is -3.91. The highest BCUT2D eigenvalue weighted by Crippen LogP contribution is 2.25. The molecule has 0 aromatic heterocycles. The molecule has 0 bridgehead atoms. The summed E-state index contributed by atoms with van der Waals surface area (Å²) in [5.74, 6) is -0.667. The molecule has 8 nitrogen and oxygen atoms in total. The second-order valence-electron chi connectivity index (χ2n) is 5.90. The number of benzene rings is 3. The smallest absolute Gasteiger partial charge is 0.322 e. The number of urea groups is 1. The summed E-state index contributed by atoms with van der Waals surface area (Å²) in [4.78, 5) is 35.1. The molecule has 0 fully saturated rings. The van der Waals surface area contributed by atoms with Gasteiger partial charge in [-0.2, -0.15) is 0 Å². The van der Waals surface area contributed by atoms with Crippen LogP contribution in [0, 0.1) is 10.1 Å². The lowest BCUT2D eigenvalue weighted by Crippen LogP contribution is -2.19. The van der Waals surface area contributed by atoms with Crippen molar-refractivity contribution >= 4 is 46.3 Å². The molecular formula is C20H15ClN4O4. The highest BCUT2D eigenvalue weighted by atomic mass is 35.5. The molecular weight excluding hydrogens is 396 g/mol. The number of halogens is 1. The normalized spacial score (nSPS) is 10.1. The quantitative estimate of drug-likeness (QED) is 0.399. The molecule has 146 valence electrons. The van der Waals surface area contributed by atoms with Crippen LogP contribution in [0.2, 0.25) is 5.02 Å². The average molecular weight is 411 g/mol. The zero-order valence-corrected chi connectivity index (χ0v) is 15.6. The van der Waals surface area contributed by atoms with E-state index in [-0.39, 0.29) is 10.6 Å². The van der Waals surface area contributed by atoms with Gasteiger partial charge in [-0.15, -0.1) is 0 Å². The van der Waals surface area contributed by atoms with Crippen LogP contribution < -0.4 is 16.0 Å². The summed E-state index contributed by atoms with van der Waals surface area (Å²) in [6.45, 7) is 0. The van der Waals surface area contributed by atoms with Gasteiger partial charge in [0.2, 0.25) is 0 Å². The molecule has 3 N–H and O–H groups in total. The van der Waals surface area contributed by atoms with E-state index in [1.165, 1.54) is 18.2 Å². The van der Waals surface area contributed by atoms with Crippen LogP contribution in [0.5, 0.6) is 0 Å². The van der Waals surface area contributed by atoms with Crippen molar-refractivity contribution in [2.24, 2.45) is 0 Å². The molecule has 0 aliphatic rings. The van der Waals surface area contributed by atoms with Crippen molar-refractivity contribution in [3.8, 4) is 0 Å². The van der Waals surface area contributed by atoms with E-state index < -0.39 is 22.5 Å². The Morgan fingerprint density at radius 2 is 1.41 bits per heavy atom. The number of nitrogens with one attached hydrogen (secondary N) is 3. The van der Waals surface area contributed by atoms with Gasteiger partial charge in [0.05, 0.1) is 4.92 Å². The number of amides is 3. The van der Waals surface area contributed by atoms with Crippen LogP contribution in [0.4, 0.5) is 27.5 Å². The first-order valence-electron chi connectivity index (χ1n) is 8.41. The molecule has 0 saturated carbocycles. The van der Waals surface area contributed by atoms with Gasteiger partial charge < -0.3 is 16.0 Å². The largest absolute Gasteiger partial charge is 0.323 e. The lowest BCUT2D eigenvalue weighted by molar-refractivity contribution is -0.385. The van der Waals surface area contributed by atoms with Gasteiger partial charge in [0.1, 0.15) is 5.56 Å². The summed E-state index contributed by atoms with van der Waals surface area (Å²) < 4.78 is 0. The van der Waals surface area contributed by atoms with Crippen LogP contribution in [0.3, 0.4) is 0 Å². The van der Waals surface area contributed by atoms with Crippen molar-refractivity contribution < 1.29 is 14.5 Å². The molecule has 3 rings (SSSR count). The standard InChI is InChI=1S/C20H15ClN4O4/c21-13-9-10-17(18(11-13)25(28)29)19(26)22-15-7-4-8-16(12-15)24-20(27)23-14-5-2-1-3-6-14/h1-12H,(H,22,26)(H2,23,24,27). The second kappa shape index (κ2) is 8.85. The fourth-order valence-corrected chi connectivity index (χ4v) is 2.70. The topological polar surface area (TPSA) is 113 Å². The number of nitro groups is 1. The number of para-hydroxylation sites is 1. The number of carbonyl (C=O) groups is 2. The van der Waals surface area contributed by atoms with Crippen molar-refractivity contribution in [1.82, 2.24) is 0 Å². The third-order valence-corrected chi connectivity index (χ3v) is 4.05. The Balaban J connectivity index is 1.71. The highest BCUT2D eigenvalue weighted by Gasteiger charge is 2.20. The zero-order valence-electron chi connectivity index (χ0n) is 14.9. The average Bonchev–Trinajstić information content (AvgIpc) is 2.68. The molecule has 9 heteroatoms. The fraction of sp³-hybridized carbons (Fsp3) is 0. The second-order valence-corrected chi connectivity index (χ2v) is 6.34. The molecule has 29 heavy (non-hydrogen) atoms. The van der Waals surface area contributed by atoms with Crippen molar-refractivity contribution in [3.63, 3.8) is 0 Å². The summed E-state index contributed by atoms with van der Waals surface area (Å²) in [6.07, 6.45) is 0. The summed E-state index contributed by atoms with van der Waals surface area (Å²) >= 11 is 5.77. The first kappa shape index (κ1) is 19.8. The third kappa shape index (κ3) is 5.30. The maximum atomic E-state index is 12.5. The van der Waals surface area contributed by atoms with E-state index in [1.807, 2.05) is 6.07 Å². The number of nitrogens with zero attached hydrogens (tertiary/aromatic N) is 1. The zero-order chi connectivity index (χ0) is 20.8. The van der Waals surface area contributed by atoms with Gasteiger partial charge in [-0.25, -0.2) is 4.79 Å². The van der Waals surface area contributed by atoms with Gasteiger partial charge in [-0.1, -0.05) is 35.9 Å². The number of nitro benzene ring substituents is 1. The van der Waals surface area contributed by atoms with E-state index in [0.29, 0.717) is 17.1 Å². The predicted octanol–water partition coefficient (Wildman–Crippen LogP) is 5.14. The van der Waals surface area contributed by atoms with E-state index in [1.54, 1.807) is 42.5 Å². The van der Waals surface area contributed by atoms with Gasteiger partial charge in [0, 0.05) is 28.2 Å². The van der Waals surface area contributed by atoms with E-state index in [9.17, 15) is 19.7 Å². The molecule has 0 radical (unpaired) electrons. The number of hydrogen-bond donors (Lipinski definition) is 3. The minimum absolute atomic E-state index is 0.125. The third-order valence-electron chi connectivity index (χ3n) is 3.81. The maximum absolute atomic E-state index is 12.5. The molecule has 0 unspecified atom stereocenters. The molecule has 0 atom stereocenters. The molecule has 3 aromatic rings.